The van der Waals surface area contributed by atoms with Crippen LogP contribution in [0.3, 0.4) is 0 Å². The van der Waals surface area contributed by atoms with Crippen LogP contribution < -0.4 is 0 Å². The second-order valence-corrected chi connectivity index (χ2v) is 8.87. The molecule has 1 N–H and O–H groups in total. The molecule has 4 nitrogen and oxygen atoms in total. The summed E-state index contributed by atoms with van der Waals surface area (Å²) < 4.78 is 14.6. The molecular weight excluding hydrogens is 477 g/mol. The van der Waals surface area contributed by atoms with Gasteiger partial charge < -0.3 is 10.0 Å². The topological polar surface area (TPSA) is 57.6 Å². The molecule has 6 heteroatoms. The average Bonchev–Trinajstić information content (AvgIpc) is 2.89. The number of halogens is 2. The minimum atomic E-state index is -0.994. The smallest absolute Gasteiger partial charge is 0.336 e. The summed E-state index contributed by atoms with van der Waals surface area (Å²) in [6.07, 6.45) is 1.48. The Labute approximate surface area is 214 Å². The van der Waals surface area contributed by atoms with Gasteiger partial charge in [0.05, 0.1) is 16.1 Å². The van der Waals surface area contributed by atoms with Crippen LogP contribution in [-0.4, -0.2) is 28.4 Å². The van der Waals surface area contributed by atoms with Gasteiger partial charge in [-0.1, -0.05) is 90.5 Å². The molecule has 36 heavy (non-hydrogen) atoms. The van der Waals surface area contributed by atoms with Crippen molar-refractivity contribution >= 4 is 23.5 Å². The number of carboxylic acid groups (broad SMARTS) is 1. The van der Waals surface area contributed by atoms with Crippen LogP contribution >= 0.6 is 11.6 Å². The van der Waals surface area contributed by atoms with Gasteiger partial charge in [-0.15, -0.1) is 0 Å². The third-order valence-electron chi connectivity index (χ3n) is 6.00. The molecule has 4 aromatic carbocycles. The highest BCUT2D eigenvalue weighted by Crippen LogP contribution is 2.26. The number of nitrogens with zero attached hydrogens (tertiary/aromatic N) is 1. The van der Waals surface area contributed by atoms with Crippen LogP contribution in [0, 0.1) is 5.82 Å². The standard InChI is InChI=1S/C30H25ClFNO3/c31-26-13-6-14-27(32)28(26)29(34)33(19-7-10-21-8-2-1-3-9-21)20-22-15-17-23(18-16-22)24-11-4-5-12-25(24)30(35)36/h1-6,8-9,11-18H,7,10,19-20H2,(H,35,36). The van der Waals surface area contributed by atoms with Crippen LogP contribution in [0.2, 0.25) is 5.02 Å². The first-order chi connectivity index (χ1) is 17.4. The van der Waals surface area contributed by atoms with Crippen LogP contribution in [0.25, 0.3) is 11.1 Å². The lowest BCUT2D eigenvalue weighted by molar-refractivity contribution is 0.0695. The molecule has 182 valence electrons. The van der Waals surface area contributed by atoms with E-state index in [0.29, 0.717) is 18.5 Å². The highest BCUT2D eigenvalue weighted by molar-refractivity contribution is 6.33. The zero-order valence-corrected chi connectivity index (χ0v) is 20.3. The van der Waals surface area contributed by atoms with Gasteiger partial charge in [0.1, 0.15) is 5.82 Å². The molecule has 0 atom stereocenters. The molecule has 0 unspecified atom stereocenters. The summed E-state index contributed by atoms with van der Waals surface area (Å²) in [6.45, 7) is 0.682. The monoisotopic (exact) mass is 501 g/mol. The van der Waals surface area contributed by atoms with Crippen molar-refractivity contribution in [1.82, 2.24) is 4.90 Å². The lowest BCUT2D eigenvalue weighted by Crippen LogP contribution is -2.32. The number of hydrogen-bond acceptors (Lipinski definition) is 2. The quantitative estimate of drug-likeness (QED) is 0.265. The maximum Gasteiger partial charge on any atom is 0.336 e. The fraction of sp³-hybridized carbons (Fsp3) is 0.133. The minimum absolute atomic E-state index is 0.0775. The molecule has 0 aliphatic rings. The molecule has 0 radical (unpaired) electrons. The van der Waals surface area contributed by atoms with Crippen molar-refractivity contribution in [2.24, 2.45) is 0 Å². The summed E-state index contributed by atoms with van der Waals surface area (Å²) >= 11 is 6.19. The Morgan fingerprint density at radius 2 is 1.50 bits per heavy atom. The van der Waals surface area contributed by atoms with Crippen molar-refractivity contribution in [2.75, 3.05) is 6.54 Å². The molecule has 4 aromatic rings. The highest BCUT2D eigenvalue weighted by Gasteiger charge is 2.22. The molecule has 0 aromatic heterocycles. The SMILES string of the molecule is O=C(O)c1ccccc1-c1ccc(CN(CCCc2ccccc2)C(=O)c2c(F)cccc2Cl)cc1. The number of carboxylic acids is 1. The zero-order chi connectivity index (χ0) is 25.5. The van der Waals surface area contributed by atoms with Gasteiger partial charge in [-0.05, 0) is 53.3 Å². The van der Waals surface area contributed by atoms with Gasteiger partial charge in [0.25, 0.3) is 5.91 Å². The zero-order valence-electron chi connectivity index (χ0n) is 19.5. The summed E-state index contributed by atoms with van der Waals surface area (Å²) in [6, 6.07) is 28.4. The molecule has 0 spiro atoms. The van der Waals surface area contributed by atoms with E-state index in [-0.39, 0.29) is 22.7 Å². The number of carbonyl (C=O) groups excluding carboxylic acids is 1. The molecule has 0 heterocycles. The van der Waals surface area contributed by atoms with Crippen LogP contribution in [0.4, 0.5) is 4.39 Å². The summed E-state index contributed by atoms with van der Waals surface area (Å²) in [7, 11) is 0. The lowest BCUT2D eigenvalue weighted by Gasteiger charge is -2.24. The predicted molar refractivity (Wildman–Crippen MR) is 140 cm³/mol. The highest BCUT2D eigenvalue weighted by atomic mass is 35.5. The van der Waals surface area contributed by atoms with E-state index in [4.69, 9.17) is 11.6 Å². The van der Waals surface area contributed by atoms with Crippen LogP contribution in [0.1, 0.15) is 38.3 Å². The first-order valence-electron chi connectivity index (χ1n) is 11.6. The van der Waals surface area contributed by atoms with Crippen molar-refractivity contribution in [1.29, 1.82) is 0 Å². The molecule has 0 fully saturated rings. The van der Waals surface area contributed by atoms with Crippen molar-refractivity contribution in [2.45, 2.75) is 19.4 Å². The largest absolute Gasteiger partial charge is 0.478 e. The normalized spacial score (nSPS) is 10.7. The van der Waals surface area contributed by atoms with Crippen LogP contribution in [0.15, 0.2) is 97.1 Å². The molecule has 0 aliphatic carbocycles. The first-order valence-corrected chi connectivity index (χ1v) is 12.0. The van der Waals surface area contributed by atoms with Gasteiger partial charge in [0, 0.05) is 13.1 Å². The van der Waals surface area contributed by atoms with Gasteiger partial charge in [0.15, 0.2) is 0 Å². The van der Waals surface area contributed by atoms with E-state index in [1.165, 1.54) is 18.2 Å². The summed E-state index contributed by atoms with van der Waals surface area (Å²) in [5, 5.41) is 9.57. The Morgan fingerprint density at radius 1 is 0.806 bits per heavy atom. The Bertz CT molecular complexity index is 1340. The van der Waals surface area contributed by atoms with Crippen molar-refractivity contribution in [3.05, 3.63) is 130 Å². The van der Waals surface area contributed by atoms with Crippen LogP contribution in [0.5, 0.6) is 0 Å². The third kappa shape index (κ3) is 5.99. The lowest BCUT2D eigenvalue weighted by atomic mass is 9.98. The number of rotatable bonds is 9. The van der Waals surface area contributed by atoms with Crippen molar-refractivity contribution < 1.29 is 19.1 Å². The van der Waals surface area contributed by atoms with Gasteiger partial charge >= 0.3 is 5.97 Å². The third-order valence-corrected chi connectivity index (χ3v) is 6.31. The number of amides is 1. The second-order valence-electron chi connectivity index (χ2n) is 8.46. The van der Waals surface area contributed by atoms with Gasteiger partial charge in [-0.25, -0.2) is 9.18 Å². The van der Waals surface area contributed by atoms with E-state index in [1.807, 2.05) is 54.6 Å². The average molecular weight is 502 g/mol. The molecule has 1 amide bonds. The fourth-order valence-corrected chi connectivity index (χ4v) is 4.41. The van der Waals surface area contributed by atoms with Gasteiger partial charge in [-0.2, -0.15) is 0 Å². The molecule has 4 rings (SSSR count). The number of benzene rings is 4. The maximum atomic E-state index is 14.6. The molecule has 0 aliphatic heterocycles. The number of aryl methyl sites for hydroxylation is 1. The first kappa shape index (κ1) is 25.1. The van der Waals surface area contributed by atoms with E-state index in [9.17, 15) is 19.1 Å². The Morgan fingerprint density at radius 3 is 2.19 bits per heavy atom. The Kier molecular flexibility index (Phi) is 8.13. The van der Waals surface area contributed by atoms with Crippen molar-refractivity contribution in [3.8, 4) is 11.1 Å². The van der Waals surface area contributed by atoms with Crippen molar-refractivity contribution in [3.63, 3.8) is 0 Å². The van der Waals surface area contributed by atoms with E-state index in [1.54, 1.807) is 29.2 Å². The minimum Gasteiger partial charge on any atom is -0.478 e. The van der Waals surface area contributed by atoms with E-state index in [2.05, 4.69) is 0 Å². The van der Waals surface area contributed by atoms with E-state index in [0.717, 1.165) is 23.1 Å². The van der Waals surface area contributed by atoms with Crippen LogP contribution in [-0.2, 0) is 13.0 Å². The van der Waals surface area contributed by atoms with Gasteiger partial charge in [-0.3, -0.25) is 4.79 Å². The van der Waals surface area contributed by atoms with E-state index >= 15 is 0 Å². The molecule has 0 saturated heterocycles. The molecule has 0 bridgehead atoms. The van der Waals surface area contributed by atoms with Gasteiger partial charge in [0.2, 0.25) is 0 Å². The number of hydrogen-bond donors (Lipinski definition) is 1. The number of carbonyl (C=O) groups is 2. The molecule has 0 saturated carbocycles. The summed E-state index contributed by atoms with van der Waals surface area (Å²) in [5.41, 5.74) is 3.46. The maximum absolute atomic E-state index is 14.6. The second kappa shape index (κ2) is 11.6. The summed E-state index contributed by atoms with van der Waals surface area (Å²) in [4.78, 5) is 26.6. The van der Waals surface area contributed by atoms with E-state index < -0.39 is 17.7 Å². The Hall–Kier alpha value is -3.96. The molecular formula is C30H25ClFNO3. The fourth-order valence-electron chi connectivity index (χ4n) is 4.16. The number of aromatic carboxylic acids is 1. The predicted octanol–water partition coefficient (Wildman–Crippen LogP) is 7.12. The summed E-state index contributed by atoms with van der Waals surface area (Å²) in [5.74, 6) is -2.11. The Balaban J connectivity index is 1.56.